The van der Waals surface area contributed by atoms with E-state index in [9.17, 15) is 18.8 Å². The first kappa shape index (κ1) is 21.7. The molecule has 1 heterocycles. The summed E-state index contributed by atoms with van der Waals surface area (Å²) >= 11 is 1.15. The van der Waals surface area contributed by atoms with Crippen molar-refractivity contribution < 1.29 is 18.8 Å². The molecule has 0 saturated heterocycles. The molecule has 34 heavy (non-hydrogen) atoms. The molecule has 0 unspecified atom stereocenters. The zero-order chi connectivity index (χ0) is 23.8. The molecule has 1 aliphatic rings. The maximum Gasteiger partial charge on any atom is 0.234 e. The van der Waals surface area contributed by atoms with Crippen LogP contribution in [0.2, 0.25) is 0 Å². The third-order valence-corrected chi connectivity index (χ3v) is 6.51. The number of amides is 1. The van der Waals surface area contributed by atoms with Crippen molar-refractivity contribution in [2.24, 2.45) is 7.05 Å². The minimum atomic E-state index is -0.407. The smallest absolute Gasteiger partial charge is 0.234 e. The van der Waals surface area contributed by atoms with Crippen LogP contribution in [0.25, 0.3) is 11.4 Å². The van der Waals surface area contributed by atoms with Gasteiger partial charge in [0.1, 0.15) is 5.82 Å². The minimum absolute atomic E-state index is 0.0238. The molecule has 0 radical (unpaired) electrons. The number of fused-ring (bicyclic) bond motifs is 2. The Morgan fingerprint density at radius 2 is 1.50 bits per heavy atom. The highest BCUT2D eigenvalue weighted by molar-refractivity contribution is 7.99. The summed E-state index contributed by atoms with van der Waals surface area (Å²) in [6, 6.07) is 17.6. The van der Waals surface area contributed by atoms with Gasteiger partial charge in [-0.1, -0.05) is 48.2 Å². The molecule has 0 aliphatic heterocycles. The van der Waals surface area contributed by atoms with Crippen LogP contribution in [0.15, 0.2) is 71.9 Å². The van der Waals surface area contributed by atoms with Gasteiger partial charge in [-0.05, 0) is 30.3 Å². The third-order valence-electron chi connectivity index (χ3n) is 5.49. The molecule has 7 nitrogen and oxygen atoms in total. The summed E-state index contributed by atoms with van der Waals surface area (Å²) in [5.74, 6) is -0.817. The predicted octanol–water partition coefficient (Wildman–Crippen LogP) is 4.13. The Morgan fingerprint density at radius 1 is 0.882 bits per heavy atom. The van der Waals surface area contributed by atoms with Gasteiger partial charge in [0.15, 0.2) is 22.5 Å². The van der Waals surface area contributed by atoms with Crippen LogP contribution in [0.3, 0.4) is 0 Å². The number of nitrogens with zero attached hydrogens (tertiary/aromatic N) is 3. The molecule has 0 saturated carbocycles. The number of carbonyl (C=O) groups excluding carboxylic acids is 3. The fourth-order valence-corrected chi connectivity index (χ4v) is 4.53. The first-order valence-corrected chi connectivity index (χ1v) is 11.3. The average molecular weight is 473 g/mol. The van der Waals surface area contributed by atoms with Gasteiger partial charge in [0.05, 0.1) is 11.3 Å². The normalized spacial score (nSPS) is 12.3. The van der Waals surface area contributed by atoms with Gasteiger partial charge in [-0.2, -0.15) is 0 Å². The van der Waals surface area contributed by atoms with Crippen molar-refractivity contribution in [3.05, 3.63) is 94.8 Å². The van der Waals surface area contributed by atoms with Crippen molar-refractivity contribution >= 4 is 34.9 Å². The quantitative estimate of drug-likeness (QED) is 0.387. The summed E-state index contributed by atoms with van der Waals surface area (Å²) in [7, 11) is 1.70. The zero-order valence-electron chi connectivity index (χ0n) is 17.9. The van der Waals surface area contributed by atoms with E-state index in [1.807, 2.05) is 0 Å². The number of ketones is 2. The molecule has 4 aromatic rings. The highest BCUT2D eigenvalue weighted by Gasteiger charge is 2.29. The van der Waals surface area contributed by atoms with Crippen molar-refractivity contribution in [3.63, 3.8) is 0 Å². The van der Waals surface area contributed by atoms with Crippen molar-refractivity contribution in [2.45, 2.75) is 5.16 Å². The maximum atomic E-state index is 14.1. The second-order valence-electron chi connectivity index (χ2n) is 7.65. The van der Waals surface area contributed by atoms with Crippen molar-refractivity contribution in [1.82, 2.24) is 14.8 Å². The Labute approximate surface area is 198 Å². The van der Waals surface area contributed by atoms with Gasteiger partial charge in [-0.15, -0.1) is 10.2 Å². The monoisotopic (exact) mass is 472 g/mol. The Hall–Kier alpha value is -4.11. The Balaban J connectivity index is 1.29. The molecule has 5 rings (SSSR count). The van der Waals surface area contributed by atoms with E-state index < -0.39 is 5.82 Å². The van der Waals surface area contributed by atoms with E-state index in [1.165, 1.54) is 12.1 Å². The molecular weight excluding hydrogens is 455 g/mol. The second-order valence-corrected chi connectivity index (χ2v) is 8.59. The van der Waals surface area contributed by atoms with Gasteiger partial charge in [-0.3, -0.25) is 14.4 Å². The molecule has 0 spiro atoms. The Bertz CT molecular complexity index is 1480. The lowest BCUT2D eigenvalue weighted by Crippen LogP contribution is -2.21. The van der Waals surface area contributed by atoms with E-state index in [2.05, 4.69) is 15.5 Å². The van der Waals surface area contributed by atoms with Crippen molar-refractivity contribution in [1.29, 1.82) is 0 Å². The summed E-state index contributed by atoms with van der Waals surface area (Å²) in [5.41, 5.74) is 2.05. The van der Waals surface area contributed by atoms with Crippen LogP contribution in [-0.2, 0) is 11.8 Å². The van der Waals surface area contributed by atoms with Crippen LogP contribution < -0.4 is 5.32 Å². The van der Waals surface area contributed by atoms with Crippen LogP contribution in [0.1, 0.15) is 31.8 Å². The van der Waals surface area contributed by atoms with E-state index >= 15 is 0 Å². The lowest BCUT2D eigenvalue weighted by molar-refractivity contribution is -0.113. The number of carbonyl (C=O) groups is 3. The van der Waals surface area contributed by atoms with Gasteiger partial charge in [-0.25, -0.2) is 4.39 Å². The van der Waals surface area contributed by atoms with Gasteiger partial charge >= 0.3 is 0 Å². The fourth-order valence-electron chi connectivity index (χ4n) is 3.82. The molecule has 9 heteroatoms. The lowest BCUT2D eigenvalue weighted by atomic mass is 9.84. The molecule has 1 aliphatic carbocycles. The number of hydrogen-bond acceptors (Lipinski definition) is 6. The van der Waals surface area contributed by atoms with Crippen molar-refractivity contribution in [2.75, 3.05) is 11.1 Å². The van der Waals surface area contributed by atoms with E-state index in [1.54, 1.807) is 66.2 Å². The number of nitrogens with one attached hydrogen (secondary N) is 1. The number of benzene rings is 3. The number of hydrogen-bond donors (Lipinski definition) is 1. The molecule has 3 aromatic carbocycles. The fraction of sp³-hybridized carbons (Fsp3) is 0.0800. The molecule has 1 N–H and O–H groups in total. The molecule has 0 atom stereocenters. The minimum Gasteiger partial charge on any atom is -0.325 e. The second kappa shape index (κ2) is 8.68. The lowest BCUT2D eigenvalue weighted by Gasteiger charge is -2.18. The number of aromatic nitrogens is 3. The number of rotatable bonds is 5. The third kappa shape index (κ3) is 3.80. The summed E-state index contributed by atoms with van der Waals surface area (Å²) in [6.07, 6.45) is 0. The van der Waals surface area contributed by atoms with Crippen LogP contribution in [0.5, 0.6) is 0 Å². The topological polar surface area (TPSA) is 94.0 Å². The van der Waals surface area contributed by atoms with Gasteiger partial charge in [0, 0.05) is 35.0 Å². The standard InChI is InChI=1S/C25H17FN4O3S/c1-30-24(18-8-4-5-9-20(18)26)28-29-25(30)34-13-21(31)27-14-10-11-17-19(12-14)23(33)16-7-3-2-6-15(16)22(17)32/h2-12H,13H2,1H3,(H,27,31). The van der Waals surface area contributed by atoms with Gasteiger partial charge in [0.25, 0.3) is 0 Å². The molecule has 0 fully saturated rings. The highest BCUT2D eigenvalue weighted by Crippen LogP contribution is 2.29. The summed E-state index contributed by atoms with van der Waals surface area (Å²) < 4.78 is 15.7. The molecule has 0 bridgehead atoms. The van der Waals surface area contributed by atoms with E-state index in [4.69, 9.17) is 0 Å². The SMILES string of the molecule is Cn1c(SCC(=O)Nc2ccc3c(c2)C(=O)c2ccccc2C3=O)nnc1-c1ccccc1F. The number of anilines is 1. The molecular formula is C25H17FN4O3S. The molecule has 1 aromatic heterocycles. The van der Waals surface area contributed by atoms with Crippen LogP contribution >= 0.6 is 11.8 Å². The molecule has 1 amide bonds. The first-order chi connectivity index (χ1) is 16.4. The van der Waals surface area contributed by atoms with Crippen LogP contribution in [0, 0.1) is 5.82 Å². The Kier molecular flexibility index (Phi) is 5.54. The Morgan fingerprint density at radius 3 is 2.21 bits per heavy atom. The molecule has 168 valence electrons. The summed E-state index contributed by atoms with van der Waals surface area (Å²) in [5, 5.41) is 11.3. The summed E-state index contributed by atoms with van der Waals surface area (Å²) in [6.45, 7) is 0. The largest absolute Gasteiger partial charge is 0.325 e. The van der Waals surface area contributed by atoms with Crippen LogP contribution in [-0.4, -0.2) is 38.0 Å². The number of thioether (sulfide) groups is 1. The average Bonchev–Trinajstić information content (AvgIpc) is 3.21. The summed E-state index contributed by atoms with van der Waals surface area (Å²) in [4.78, 5) is 38.1. The predicted molar refractivity (Wildman–Crippen MR) is 125 cm³/mol. The van der Waals surface area contributed by atoms with Crippen molar-refractivity contribution in [3.8, 4) is 11.4 Å². The van der Waals surface area contributed by atoms with E-state index in [0.717, 1.165) is 11.8 Å². The number of halogens is 1. The van der Waals surface area contributed by atoms with Gasteiger partial charge in [0.2, 0.25) is 5.91 Å². The van der Waals surface area contributed by atoms with Gasteiger partial charge < -0.3 is 9.88 Å². The highest BCUT2D eigenvalue weighted by atomic mass is 32.2. The van der Waals surface area contributed by atoms with Crippen LogP contribution in [0.4, 0.5) is 10.1 Å². The van der Waals surface area contributed by atoms with E-state index in [0.29, 0.717) is 38.9 Å². The van der Waals surface area contributed by atoms with E-state index in [-0.39, 0.29) is 28.8 Å². The zero-order valence-corrected chi connectivity index (χ0v) is 18.7. The maximum absolute atomic E-state index is 14.1. The first-order valence-electron chi connectivity index (χ1n) is 10.3.